The highest BCUT2D eigenvalue weighted by Gasteiger charge is 2.12. The second-order valence-electron chi connectivity index (χ2n) is 3.02. The minimum absolute atomic E-state index is 0.545. The van der Waals surface area contributed by atoms with Gasteiger partial charge in [0.15, 0.2) is 0 Å². The van der Waals surface area contributed by atoms with E-state index in [1.54, 1.807) is 6.07 Å². The van der Waals surface area contributed by atoms with E-state index in [2.05, 4.69) is 15.9 Å². The zero-order valence-electron chi connectivity index (χ0n) is 8.06. The number of thiophene rings is 1. The quantitative estimate of drug-likeness (QED) is 0.766. The molecule has 2 aromatic rings. The molecule has 16 heavy (non-hydrogen) atoms. The highest BCUT2D eigenvalue weighted by molar-refractivity contribution is 9.10. The van der Waals surface area contributed by atoms with Crippen LogP contribution in [0.1, 0.15) is 0 Å². The Labute approximate surface area is 111 Å². The molecule has 1 aromatic carbocycles. The molecule has 0 aliphatic heterocycles. The van der Waals surface area contributed by atoms with E-state index in [-0.39, 0.29) is 0 Å². The molecule has 0 aliphatic rings. The van der Waals surface area contributed by atoms with Gasteiger partial charge in [-0.25, -0.2) is 0 Å². The number of amides is 1. The van der Waals surface area contributed by atoms with Crippen LogP contribution in [0, 0.1) is 0 Å². The van der Waals surface area contributed by atoms with Gasteiger partial charge in [-0.1, -0.05) is 27.5 Å². The van der Waals surface area contributed by atoms with Crippen molar-refractivity contribution in [1.82, 2.24) is 0 Å². The largest absolute Gasteiger partial charge is 0.278 e. The Morgan fingerprint density at radius 3 is 2.81 bits per heavy atom. The summed E-state index contributed by atoms with van der Waals surface area (Å²) in [7, 11) is 0. The number of benzene rings is 1. The van der Waals surface area contributed by atoms with Gasteiger partial charge in [-0.15, -0.1) is 11.3 Å². The summed E-state index contributed by atoms with van der Waals surface area (Å²) in [5, 5.41) is 3.30. The van der Waals surface area contributed by atoms with Crippen LogP contribution in [0.4, 0.5) is 10.7 Å². The maximum atomic E-state index is 11.1. The molecular formula is C11H7BrClNOS. The molecule has 5 heteroatoms. The van der Waals surface area contributed by atoms with Crippen LogP contribution < -0.4 is 4.90 Å². The Bertz CT molecular complexity index is 501. The lowest BCUT2D eigenvalue weighted by atomic mass is 10.3. The van der Waals surface area contributed by atoms with Crippen molar-refractivity contribution in [1.29, 1.82) is 0 Å². The third-order valence-corrected chi connectivity index (χ3v) is 3.70. The zero-order valence-corrected chi connectivity index (χ0v) is 11.2. The number of halogens is 2. The number of carbonyl (C=O) groups excluding carboxylic acids is 1. The molecule has 1 amide bonds. The third-order valence-electron chi connectivity index (χ3n) is 2.02. The van der Waals surface area contributed by atoms with Crippen molar-refractivity contribution in [2.45, 2.75) is 0 Å². The molecule has 82 valence electrons. The van der Waals surface area contributed by atoms with E-state index in [4.69, 9.17) is 11.6 Å². The van der Waals surface area contributed by atoms with Crippen LogP contribution in [-0.2, 0) is 4.79 Å². The third kappa shape index (κ3) is 2.29. The lowest BCUT2D eigenvalue weighted by Crippen LogP contribution is -2.12. The van der Waals surface area contributed by atoms with Crippen molar-refractivity contribution in [3.63, 3.8) is 0 Å². The van der Waals surface area contributed by atoms with Gasteiger partial charge in [0.25, 0.3) is 0 Å². The van der Waals surface area contributed by atoms with E-state index in [1.807, 2.05) is 29.6 Å². The van der Waals surface area contributed by atoms with Crippen LogP contribution in [0.2, 0.25) is 5.02 Å². The molecule has 0 radical (unpaired) electrons. The van der Waals surface area contributed by atoms with Gasteiger partial charge in [0, 0.05) is 4.47 Å². The van der Waals surface area contributed by atoms with Gasteiger partial charge in [-0.3, -0.25) is 9.69 Å². The van der Waals surface area contributed by atoms with Crippen molar-refractivity contribution in [2.24, 2.45) is 0 Å². The summed E-state index contributed by atoms with van der Waals surface area (Å²) in [6.45, 7) is 0. The van der Waals surface area contributed by atoms with E-state index < -0.39 is 0 Å². The molecule has 0 spiro atoms. The van der Waals surface area contributed by atoms with Crippen molar-refractivity contribution >= 4 is 56.0 Å². The average Bonchev–Trinajstić information content (AvgIpc) is 2.78. The first kappa shape index (κ1) is 11.6. The van der Waals surface area contributed by atoms with Gasteiger partial charge in [0.2, 0.25) is 6.41 Å². The van der Waals surface area contributed by atoms with E-state index >= 15 is 0 Å². The first-order valence-corrected chi connectivity index (χ1v) is 6.50. The Morgan fingerprint density at radius 2 is 2.19 bits per heavy atom. The molecule has 0 atom stereocenters. The minimum Gasteiger partial charge on any atom is -0.278 e. The summed E-state index contributed by atoms with van der Waals surface area (Å²) < 4.78 is 0.885. The summed E-state index contributed by atoms with van der Waals surface area (Å²) in [6.07, 6.45) is 0.763. The second kappa shape index (κ2) is 4.99. The summed E-state index contributed by atoms with van der Waals surface area (Å²) in [6, 6.07) is 9.17. The molecule has 0 saturated carbocycles. The highest BCUT2D eigenvalue weighted by Crippen LogP contribution is 2.35. The number of hydrogen-bond donors (Lipinski definition) is 0. The van der Waals surface area contributed by atoms with Crippen LogP contribution in [0.15, 0.2) is 40.2 Å². The number of rotatable bonds is 3. The van der Waals surface area contributed by atoms with E-state index in [9.17, 15) is 4.79 Å². The van der Waals surface area contributed by atoms with Crippen LogP contribution in [0.3, 0.4) is 0 Å². The molecule has 0 fully saturated rings. The van der Waals surface area contributed by atoms with Gasteiger partial charge < -0.3 is 0 Å². The highest BCUT2D eigenvalue weighted by atomic mass is 79.9. The standard InChI is InChI=1S/C11H7BrClNOS/c12-8-3-4-9(13)10(6-8)14(7-15)11-2-1-5-16-11/h1-7H. The molecule has 2 rings (SSSR count). The SMILES string of the molecule is O=CN(c1cccs1)c1cc(Br)ccc1Cl. The van der Waals surface area contributed by atoms with Crippen LogP contribution >= 0.6 is 38.9 Å². The molecular weight excluding hydrogens is 310 g/mol. The first-order valence-electron chi connectivity index (χ1n) is 4.45. The van der Waals surface area contributed by atoms with Crippen molar-refractivity contribution < 1.29 is 4.79 Å². The van der Waals surface area contributed by atoms with Crippen molar-refractivity contribution in [3.05, 3.63) is 45.2 Å². The van der Waals surface area contributed by atoms with Crippen LogP contribution in [0.5, 0.6) is 0 Å². The molecule has 0 unspecified atom stereocenters. The van der Waals surface area contributed by atoms with Crippen LogP contribution in [0.25, 0.3) is 0 Å². The second-order valence-corrected chi connectivity index (χ2v) is 5.27. The monoisotopic (exact) mass is 315 g/mol. The van der Waals surface area contributed by atoms with Gasteiger partial charge in [-0.2, -0.15) is 0 Å². The molecule has 0 N–H and O–H groups in total. The fourth-order valence-electron chi connectivity index (χ4n) is 1.30. The predicted octanol–water partition coefficient (Wildman–Crippen LogP) is 4.46. The number of anilines is 2. The fraction of sp³-hybridized carbons (Fsp3) is 0. The molecule has 2 nitrogen and oxygen atoms in total. The minimum atomic E-state index is 0.545. The zero-order chi connectivity index (χ0) is 11.5. The Hall–Kier alpha value is -0.840. The summed E-state index contributed by atoms with van der Waals surface area (Å²) in [5.74, 6) is 0. The maximum Gasteiger partial charge on any atom is 0.219 e. The fourth-order valence-corrected chi connectivity index (χ4v) is 2.57. The van der Waals surface area contributed by atoms with Gasteiger partial charge >= 0.3 is 0 Å². The Kier molecular flexibility index (Phi) is 3.63. The lowest BCUT2D eigenvalue weighted by molar-refractivity contribution is -0.106. The smallest absolute Gasteiger partial charge is 0.219 e. The maximum absolute atomic E-state index is 11.1. The molecule has 1 aromatic heterocycles. The lowest BCUT2D eigenvalue weighted by Gasteiger charge is -2.16. The summed E-state index contributed by atoms with van der Waals surface area (Å²) in [5.41, 5.74) is 0.675. The predicted molar refractivity (Wildman–Crippen MR) is 71.7 cm³/mol. The van der Waals surface area contributed by atoms with E-state index in [0.717, 1.165) is 15.9 Å². The average molecular weight is 317 g/mol. The van der Waals surface area contributed by atoms with Crippen molar-refractivity contribution in [2.75, 3.05) is 4.90 Å². The number of carbonyl (C=O) groups is 1. The molecule has 0 aliphatic carbocycles. The van der Waals surface area contributed by atoms with Crippen molar-refractivity contribution in [3.8, 4) is 0 Å². The first-order chi connectivity index (χ1) is 7.72. The number of hydrogen-bond acceptors (Lipinski definition) is 2. The van der Waals surface area contributed by atoms with Crippen LogP contribution in [-0.4, -0.2) is 6.41 Å². The normalized spacial score (nSPS) is 10.1. The molecule has 0 bridgehead atoms. The topological polar surface area (TPSA) is 20.3 Å². The van der Waals surface area contributed by atoms with Gasteiger partial charge in [0.1, 0.15) is 5.00 Å². The summed E-state index contributed by atoms with van der Waals surface area (Å²) in [4.78, 5) is 12.7. The van der Waals surface area contributed by atoms with Gasteiger partial charge in [0.05, 0.1) is 10.7 Å². The Balaban J connectivity index is 2.48. The molecule has 1 heterocycles. The summed E-state index contributed by atoms with van der Waals surface area (Å²) >= 11 is 10.9. The van der Waals surface area contributed by atoms with E-state index in [0.29, 0.717) is 10.7 Å². The molecule has 0 saturated heterocycles. The Morgan fingerprint density at radius 1 is 1.38 bits per heavy atom. The van der Waals surface area contributed by atoms with Gasteiger partial charge in [-0.05, 0) is 35.7 Å². The number of nitrogens with zero attached hydrogens (tertiary/aromatic N) is 1. The van der Waals surface area contributed by atoms with E-state index in [1.165, 1.54) is 16.2 Å².